The van der Waals surface area contributed by atoms with Gasteiger partial charge in [0.15, 0.2) is 0 Å². The maximum Gasteiger partial charge on any atom is 0.0867 e. The Morgan fingerprint density at radius 1 is 1.30 bits per heavy atom. The lowest BCUT2D eigenvalue weighted by molar-refractivity contribution is -0.251. The van der Waals surface area contributed by atoms with Gasteiger partial charge in [-0.25, -0.2) is 4.89 Å². The van der Waals surface area contributed by atoms with Crippen LogP contribution in [0.2, 0.25) is 0 Å². The average Bonchev–Trinajstić information content (AvgIpc) is 1.93. The summed E-state index contributed by atoms with van der Waals surface area (Å²) < 4.78 is 4.77. The van der Waals surface area contributed by atoms with Crippen molar-refractivity contribution in [2.75, 3.05) is 20.3 Å². The van der Waals surface area contributed by atoms with Crippen molar-refractivity contribution >= 4 is 0 Å². The smallest absolute Gasteiger partial charge is 0.0867 e. The van der Waals surface area contributed by atoms with Crippen molar-refractivity contribution in [3.8, 4) is 0 Å². The lowest BCUT2D eigenvalue weighted by Gasteiger charge is -2.05. The van der Waals surface area contributed by atoms with Gasteiger partial charge >= 0.3 is 0 Å². The Hall–Kier alpha value is -0.120. The minimum absolute atomic E-state index is 0.269. The van der Waals surface area contributed by atoms with Crippen molar-refractivity contribution in [1.82, 2.24) is 0 Å². The Balaban J connectivity index is 0. The number of hydrogen-bond donors (Lipinski definition) is 1. The van der Waals surface area contributed by atoms with Crippen molar-refractivity contribution in [3.05, 3.63) is 0 Å². The molecule has 0 aromatic rings. The Labute approximate surface area is 62.9 Å². The van der Waals surface area contributed by atoms with E-state index in [9.17, 15) is 0 Å². The summed E-state index contributed by atoms with van der Waals surface area (Å²) in [5, 5.41) is 7.91. The fourth-order valence-electron chi connectivity index (χ4n) is 0.460. The highest BCUT2D eigenvalue weighted by Gasteiger charge is 1.98. The zero-order valence-electron chi connectivity index (χ0n) is 7.26. The zero-order valence-corrected chi connectivity index (χ0v) is 7.26. The van der Waals surface area contributed by atoms with Crippen LogP contribution in [0, 0.1) is 5.92 Å². The van der Waals surface area contributed by atoms with Gasteiger partial charge in [-0.3, -0.25) is 5.26 Å². The minimum atomic E-state index is 0.269. The second kappa shape index (κ2) is 11.6. The van der Waals surface area contributed by atoms with Gasteiger partial charge in [-0.1, -0.05) is 20.8 Å². The summed E-state index contributed by atoms with van der Waals surface area (Å²) in [7, 11) is 1.62. The summed E-state index contributed by atoms with van der Waals surface area (Å²) in [6.07, 6.45) is 0. The van der Waals surface area contributed by atoms with Gasteiger partial charge in [-0.2, -0.15) is 0 Å². The molecule has 10 heavy (non-hydrogen) atoms. The molecule has 0 bridgehead atoms. The van der Waals surface area contributed by atoms with E-state index in [-0.39, 0.29) is 5.92 Å². The van der Waals surface area contributed by atoms with Crippen molar-refractivity contribution in [2.45, 2.75) is 20.8 Å². The monoisotopic (exact) mass is 150 g/mol. The Morgan fingerprint density at radius 2 is 1.80 bits per heavy atom. The fourth-order valence-corrected chi connectivity index (χ4v) is 0.460. The molecule has 0 saturated heterocycles. The number of rotatable bonds is 4. The molecule has 0 radical (unpaired) electrons. The Morgan fingerprint density at radius 3 is 2.10 bits per heavy atom. The van der Waals surface area contributed by atoms with E-state index in [1.165, 1.54) is 0 Å². The van der Waals surface area contributed by atoms with Gasteiger partial charge in [0, 0.05) is 13.0 Å². The fraction of sp³-hybridized carbons (Fsp3) is 1.00. The Kier molecular flexibility index (Phi) is 14.6. The normalized spacial score (nSPS) is 11.7. The van der Waals surface area contributed by atoms with Crippen molar-refractivity contribution < 1.29 is 14.9 Å². The van der Waals surface area contributed by atoms with Crippen molar-refractivity contribution in [1.29, 1.82) is 0 Å². The molecule has 1 atom stereocenters. The predicted molar refractivity (Wildman–Crippen MR) is 41.0 cm³/mol. The van der Waals surface area contributed by atoms with Crippen LogP contribution in [0.25, 0.3) is 0 Å². The highest BCUT2D eigenvalue weighted by Crippen LogP contribution is 1.93. The van der Waals surface area contributed by atoms with Crippen LogP contribution in [0.15, 0.2) is 0 Å². The third-order valence-electron chi connectivity index (χ3n) is 0.810. The molecule has 3 heteroatoms. The molecule has 1 unspecified atom stereocenters. The van der Waals surface area contributed by atoms with E-state index in [1.807, 2.05) is 20.8 Å². The molecule has 0 rings (SSSR count). The van der Waals surface area contributed by atoms with Crippen molar-refractivity contribution in [2.24, 2.45) is 5.92 Å². The van der Waals surface area contributed by atoms with E-state index in [0.717, 1.165) is 0 Å². The second-order valence-corrected chi connectivity index (χ2v) is 1.86. The lowest BCUT2D eigenvalue weighted by Crippen LogP contribution is -2.09. The van der Waals surface area contributed by atoms with Gasteiger partial charge in [0.1, 0.15) is 0 Å². The van der Waals surface area contributed by atoms with Gasteiger partial charge in [-0.15, -0.1) is 0 Å². The van der Waals surface area contributed by atoms with Crippen LogP contribution in [-0.2, 0) is 9.62 Å². The largest absolute Gasteiger partial charge is 0.384 e. The molecule has 0 aromatic carbocycles. The SMILES string of the molecule is CC.COCC(C)COO. The second-order valence-electron chi connectivity index (χ2n) is 1.86. The molecule has 0 aliphatic carbocycles. The summed E-state index contributed by atoms with van der Waals surface area (Å²) >= 11 is 0. The average molecular weight is 150 g/mol. The Bertz CT molecular complexity index is 42.1. The summed E-state index contributed by atoms with van der Waals surface area (Å²) in [4.78, 5) is 3.88. The summed E-state index contributed by atoms with van der Waals surface area (Å²) in [5.41, 5.74) is 0. The lowest BCUT2D eigenvalue weighted by atomic mass is 10.2. The molecule has 0 aliphatic heterocycles. The number of ether oxygens (including phenoxy) is 1. The highest BCUT2D eigenvalue weighted by molar-refractivity contribution is 4.44. The molecule has 0 heterocycles. The molecular formula is C7H18O3. The molecule has 0 aliphatic rings. The first kappa shape index (κ1) is 12.5. The first-order valence-electron chi connectivity index (χ1n) is 3.56. The highest BCUT2D eigenvalue weighted by atomic mass is 17.1. The van der Waals surface area contributed by atoms with Crippen LogP contribution < -0.4 is 0 Å². The number of hydrogen-bond acceptors (Lipinski definition) is 3. The van der Waals surface area contributed by atoms with E-state index in [4.69, 9.17) is 9.99 Å². The first-order chi connectivity index (χ1) is 4.81. The molecule has 1 N–H and O–H groups in total. The van der Waals surface area contributed by atoms with E-state index in [2.05, 4.69) is 4.89 Å². The molecule has 0 saturated carbocycles. The summed E-state index contributed by atoms with van der Waals surface area (Å²) in [6.45, 7) is 6.90. The van der Waals surface area contributed by atoms with E-state index in [0.29, 0.717) is 13.2 Å². The third kappa shape index (κ3) is 10.8. The number of methoxy groups -OCH3 is 1. The quantitative estimate of drug-likeness (QED) is 0.490. The van der Waals surface area contributed by atoms with E-state index >= 15 is 0 Å². The predicted octanol–water partition coefficient (Wildman–Crippen LogP) is 1.78. The molecule has 0 fully saturated rings. The van der Waals surface area contributed by atoms with Gasteiger partial charge in [0.25, 0.3) is 0 Å². The van der Waals surface area contributed by atoms with Gasteiger partial charge in [-0.05, 0) is 0 Å². The summed E-state index contributed by atoms with van der Waals surface area (Å²) in [6, 6.07) is 0. The van der Waals surface area contributed by atoms with Gasteiger partial charge < -0.3 is 4.74 Å². The molecule has 3 nitrogen and oxygen atoms in total. The first-order valence-corrected chi connectivity index (χ1v) is 3.56. The minimum Gasteiger partial charge on any atom is -0.384 e. The van der Waals surface area contributed by atoms with E-state index in [1.54, 1.807) is 7.11 Å². The topological polar surface area (TPSA) is 38.7 Å². The molecular weight excluding hydrogens is 132 g/mol. The van der Waals surface area contributed by atoms with E-state index < -0.39 is 0 Å². The molecule has 0 amide bonds. The molecule has 0 aromatic heterocycles. The van der Waals surface area contributed by atoms with Crippen LogP contribution in [0.5, 0.6) is 0 Å². The standard InChI is InChI=1S/C5H12O3.C2H6/c1-5(3-7-2)4-8-6;1-2/h5-6H,3-4H2,1-2H3;1-2H3. The van der Waals surface area contributed by atoms with Crippen LogP contribution in [0.1, 0.15) is 20.8 Å². The van der Waals surface area contributed by atoms with Crippen LogP contribution in [0.4, 0.5) is 0 Å². The third-order valence-corrected chi connectivity index (χ3v) is 0.810. The van der Waals surface area contributed by atoms with Crippen molar-refractivity contribution in [3.63, 3.8) is 0 Å². The van der Waals surface area contributed by atoms with Crippen LogP contribution in [0.3, 0.4) is 0 Å². The van der Waals surface area contributed by atoms with Crippen LogP contribution in [-0.4, -0.2) is 25.6 Å². The summed E-state index contributed by atoms with van der Waals surface area (Å²) in [5.74, 6) is 0.269. The zero-order chi connectivity index (χ0) is 8.41. The molecule has 0 spiro atoms. The van der Waals surface area contributed by atoms with Gasteiger partial charge in [0.2, 0.25) is 0 Å². The maximum atomic E-state index is 7.91. The maximum absolute atomic E-state index is 7.91. The van der Waals surface area contributed by atoms with Crippen LogP contribution >= 0.6 is 0 Å². The van der Waals surface area contributed by atoms with Gasteiger partial charge in [0.05, 0.1) is 13.2 Å². The molecule has 64 valence electrons.